The highest BCUT2D eigenvalue weighted by atomic mass is 32.2. The Balaban J connectivity index is 2.11. The van der Waals surface area contributed by atoms with Crippen LogP contribution in [-0.2, 0) is 19.9 Å². The van der Waals surface area contributed by atoms with Crippen molar-refractivity contribution in [2.45, 2.75) is 9.79 Å². The van der Waals surface area contributed by atoms with Gasteiger partial charge in [0.05, 0.1) is 9.79 Å². The summed E-state index contributed by atoms with van der Waals surface area (Å²) in [5.41, 5.74) is 0.970. The summed E-state index contributed by atoms with van der Waals surface area (Å²) in [6.45, 7) is 0. The molecule has 0 spiro atoms. The summed E-state index contributed by atoms with van der Waals surface area (Å²) in [7, 11) is -7.30. The fourth-order valence-electron chi connectivity index (χ4n) is 2.60. The van der Waals surface area contributed by atoms with Crippen molar-refractivity contribution in [2.24, 2.45) is 5.14 Å². The van der Waals surface area contributed by atoms with E-state index >= 15 is 0 Å². The van der Waals surface area contributed by atoms with Crippen LogP contribution in [0.15, 0.2) is 82.6 Å². The molecule has 0 unspecified atom stereocenters. The molecule has 0 fully saturated rings. The highest BCUT2D eigenvalue weighted by Gasteiger charge is 2.20. The minimum absolute atomic E-state index is 0.0565. The molecule has 0 aliphatic rings. The third-order valence-corrected chi connectivity index (χ3v) is 5.92. The monoisotopic (exact) mass is 403 g/mol. The van der Waals surface area contributed by atoms with Gasteiger partial charge in [-0.3, -0.25) is 0 Å². The molecule has 0 radical (unpaired) electrons. The topological polar surface area (TPSA) is 104 Å². The van der Waals surface area contributed by atoms with Gasteiger partial charge in [-0.15, -0.1) is 0 Å². The maximum absolute atomic E-state index is 12.0. The Hall–Kier alpha value is -2.68. The van der Waals surface area contributed by atoms with Crippen molar-refractivity contribution >= 4 is 19.9 Å². The molecule has 0 aliphatic carbocycles. The Morgan fingerprint density at radius 1 is 0.778 bits per heavy atom. The van der Waals surface area contributed by atoms with Crippen LogP contribution in [0.5, 0.6) is 11.5 Å². The van der Waals surface area contributed by atoms with Crippen LogP contribution in [0.1, 0.15) is 0 Å². The number of rotatable bonds is 5. The van der Waals surface area contributed by atoms with E-state index in [9.17, 15) is 16.8 Å². The predicted molar refractivity (Wildman–Crippen MR) is 103 cm³/mol. The third kappa shape index (κ3) is 4.36. The van der Waals surface area contributed by atoms with E-state index in [4.69, 9.17) is 9.88 Å². The van der Waals surface area contributed by atoms with E-state index < -0.39 is 19.9 Å². The largest absolute Gasteiger partial charge is 0.457 e. The van der Waals surface area contributed by atoms with Crippen molar-refractivity contribution < 1.29 is 21.6 Å². The number of sulfone groups is 1. The van der Waals surface area contributed by atoms with Crippen LogP contribution in [0.25, 0.3) is 11.1 Å². The van der Waals surface area contributed by atoms with Crippen LogP contribution in [0, 0.1) is 0 Å². The first kappa shape index (κ1) is 19.1. The Bertz CT molecular complexity index is 1170. The number of hydrogen-bond donors (Lipinski definition) is 1. The molecule has 0 aliphatic heterocycles. The smallest absolute Gasteiger partial charge is 0.238 e. The van der Waals surface area contributed by atoms with E-state index in [1.165, 1.54) is 36.4 Å². The van der Waals surface area contributed by atoms with Gasteiger partial charge in [0.25, 0.3) is 0 Å². The number of benzene rings is 3. The van der Waals surface area contributed by atoms with Crippen LogP contribution in [0.3, 0.4) is 0 Å². The minimum Gasteiger partial charge on any atom is -0.457 e. The zero-order chi connectivity index (χ0) is 19.7. The molecule has 8 heteroatoms. The van der Waals surface area contributed by atoms with E-state index in [-0.39, 0.29) is 9.79 Å². The normalized spacial score (nSPS) is 11.9. The highest BCUT2D eigenvalue weighted by molar-refractivity contribution is 7.90. The van der Waals surface area contributed by atoms with Crippen LogP contribution in [-0.4, -0.2) is 23.1 Å². The van der Waals surface area contributed by atoms with E-state index in [2.05, 4.69) is 0 Å². The van der Waals surface area contributed by atoms with E-state index in [0.29, 0.717) is 22.6 Å². The maximum Gasteiger partial charge on any atom is 0.238 e. The summed E-state index contributed by atoms with van der Waals surface area (Å²) in [5, 5.41) is 5.37. The second-order valence-electron chi connectivity index (χ2n) is 5.89. The molecule has 27 heavy (non-hydrogen) atoms. The molecule has 3 rings (SSSR count). The third-order valence-electron chi connectivity index (χ3n) is 3.84. The number of hydrogen-bond acceptors (Lipinski definition) is 5. The first-order valence-corrected chi connectivity index (χ1v) is 11.3. The lowest BCUT2D eigenvalue weighted by Gasteiger charge is -2.15. The van der Waals surface area contributed by atoms with Gasteiger partial charge in [0.2, 0.25) is 10.0 Å². The van der Waals surface area contributed by atoms with Crippen molar-refractivity contribution in [2.75, 3.05) is 6.26 Å². The van der Waals surface area contributed by atoms with Gasteiger partial charge < -0.3 is 4.74 Å². The maximum atomic E-state index is 12.0. The molecule has 0 saturated heterocycles. The molecule has 0 atom stereocenters. The van der Waals surface area contributed by atoms with Gasteiger partial charge >= 0.3 is 0 Å². The summed E-state index contributed by atoms with van der Waals surface area (Å²) in [6.07, 6.45) is 1.12. The highest BCUT2D eigenvalue weighted by Crippen LogP contribution is 2.38. The Morgan fingerprint density at radius 2 is 1.41 bits per heavy atom. The summed E-state index contributed by atoms with van der Waals surface area (Å²) in [4.78, 5) is 0.107. The van der Waals surface area contributed by atoms with Crippen LogP contribution >= 0.6 is 0 Å². The van der Waals surface area contributed by atoms with Crippen molar-refractivity contribution in [1.82, 2.24) is 0 Å². The second-order valence-corrected chi connectivity index (χ2v) is 9.43. The molecule has 2 N–H and O–H groups in total. The van der Waals surface area contributed by atoms with Gasteiger partial charge in [0.15, 0.2) is 9.84 Å². The number of sulfonamides is 1. The van der Waals surface area contributed by atoms with Gasteiger partial charge in [-0.25, -0.2) is 22.0 Å². The van der Waals surface area contributed by atoms with Gasteiger partial charge in [-0.2, -0.15) is 0 Å². The van der Waals surface area contributed by atoms with Crippen LogP contribution < -0.4 is 9.88 Å². The fourth-order valence-corrected chi connectivity index (χ4v) is 4.01. The minimum atomic E-state index is -3.98. The number of primary sulfonamides is 1. The standard InChI is InChI=1S/C19H17NO5S2/c1-26(21,22)16-12-10-15(11-13-16)25-17-8-5-9-18(27(20,23)24)19(17)14-6-3-2-4-7-14/h2-13H,1H3,(H2,20,23,24). The lowest BCUT2D eigenvalue weighted by atomic mass is 10.0. The second kappa shape index (κ2) is 7.15. The first-order valence-electron chi connectivity index (χ1n) is 7.85. The molecule has 0 bridgehead atoms. The Kier molecular flexibility index (Phi) is 5.05. The van der Waals surface area contributed by atoms with Gasteiger partial charge in [-0.1, -0.05) is 36.4 Å². The van der Waals surface area contributed by atoms with Gasteiger partial charge in [-0.05, 0) is 42.0 Å². The van der Waals surface area contributed by atoms with E-state index in [1.54, 1.807) is 30.3 Å². The SMILES string of the molecule is CS(=O)(=O)c1ccc(Oc2cccc(S(N)(=O)=O)c2-c2ccccc2)cc1. The lowest BCUT2D eigenvalue weighted by molar-refractivity contribution is 0.482. The Labute approximate surface area is 158 Å². The van der Waals surface area contributed by atoms with Crippen molar-refractivity contribution in [1.29, 1.82) is 0 Å². The molecular formula is C19H17NO5S2. The average Bonchev–Trinajstić information content (AvgIpc) is 2.61. The summed E-state index contributed by atoms with van der Waals surface area (Å²) in [6, 6.07) is 19.3. The van der Waals surface area contributed by atoms with Crippen LogP contribution in [0.2, 0.25) is 0 Å². The average molecular weight is 403 g/mol. The van der Waals surface area contributed by atoms with E-state index in [0.717, 1.165) is 6.26 Å². The molecular weight excluding hydrogens is 386 g/mol. The van der Waals surface area contributed by atoms with Crippen molar-refractivity contribution in [3.05, 3.63) is 72.8 Å². The van der Waals surface area contributed by atoms with Crippen molar-refractivity contribution in [3.63, 3.8) is 0 Å². The fraction of sp³-hybridized carbons (Fsp3) is 0.0526. The predicted octanol–water partition coefficient (Wildman–Crippen LogP) is 3.20. The quantitative estimate of drug-likeness (QED) is 0.705. The molecule has 3 aromatic carbocycles. The first-order chi connectivity index (χ1) is 12.7. The molecule has 6 nitrogen and oxygen atoms in total. The summed E-state index contributed by atoms with van der Waals surface area (Å²) >= 11 is 0. The number of nitrogens with two attached hydrogens (primary N) is 1. The lowest BCUT2D eigenvalue weighted by Crippen LogP contribution is -2.13. The molecule has 3 aromatic rings. The summed E-state index contributed by atoms with van der Waals surface area (Å²) < 4.78 is 53.1. The van der Waals surface area contributed by atoms with Gasteiger partial charge in [0.1, 0.15) is 11.5 Å². The molecule has 0 aromatic heterocycles. The molecule has 0 heterocycles. The zero-order valence-electron chi connectivity index (χ0n) is 14.4. The van der Waals surface area contributed by atoms with Crippen molar-refractivity contribution in [3.8, 4) is 22.6 Å². The van der Waals surface area contributed by atoms with Crippen LogP contribution in [0.4, 0.5) is 0 Å². The number of ether oxygens (including phenoxy) is 1. The van der Waals surface area contributed by atoms with E-state index in [1.807, 2.05) is 6.07 Å². The zero-order valence-corrected chi connectivity index (χ0v) is 16.0. The molecule has 0 amide bonds. The molecule has 140 valence electrons. The Morgan fingerprint density at radius 3 is 1.96 bits per heavy atom. The molecule has 0 saturated carbocycles. The van der Waals surface area contributed by atoms with Gasteiger partial charge in [0, 0.05) is 11.8 Å². The summed E-state index contributed by atoms with van der Waals surface area (Å²) in [5.74, 6) is 0.658.